The van der Waals surface area contributed by atoms with E-state index in [0.29, 0.717) is 17.2 Å². The van der Waals surface area contributed by atoms with Crippen LogP contribution in [-0.4, -0.2) is 44.2 Å². The maximum atomic E-state index is 12.2. The van der Waals surface area contributed by atoms with Gasteiger partial charge in [-0.05, 0) is 60.7 Å². The molecule has 3 aromatic rings. The molecule has 4 N–H and O–H groups in total. The van der Waals surface area contributed by atoms with Crippen molar-refractivity contribution in [2.24, 2.45) is 5.73 Å². The topological polar surface area (TPSA) is 108 Å². The number of aromatic nitrogens is 1. The number of piperidine rings is 1. The summed E-state index contributed by atoms with van der Waals surface area (Å²) < 4.78 is 14.2. The highest BCUT2D eigenvalue weighted by molar-refractivity contribution is 7.99. The van der Waals surface area contributed by atoms with Crippen LogP contribution in [0.15, 0.2) is 52.4 Å². The van der Waals surface area contributed by atoms with Crippen LogP contribution in [0.1, 0.15) is 48.5 Å². The number of nitrogens with zero attached hydrogens (tertiary/aromatic N) is 1. The molecule has 1 aromatic heterocycles. The third kappa shape index (κ3) is 5.31. The number of carbonyl (C=O) groups is 2. The molecule has 1 fully saturated rings. The molecule has 2 amide bonds. The molecule has 1 saturated heterocycles. The van der Waals surface area contributed by atoms with Gasteiger partial charge in [0, 0.05) is 52.8 Å². The fourth-order valence-corrected chi connectivity index (χ4v) is 6.20. The number of hydrogen-bond donors (Lipinski definition) is 3. The van der Waals surface area contributed by atoms with Crippen molar-refractivity contribution in [2.75, 3.05) is 24.2 Å². The average Bonchev–Trinajstić information content (AvgIpc) is 3.23. The lowest BCUT2D eigenvalue weighted by atomic mass is 9.89. The van der Waals surface area contributed by atoms with Crippen molar-refractivity contribution in [1.82, 2.24) is 9.29 Å². The molecule has 7 nitrogen and oxygen atoms in total. The minimum Gasteiger partial charge on any atom is -0.366 e. The van der Waals surface area contributed by atoms with E-state index < -0.39 is 16.9 Å². The zero-order valence-corrected chi connectivity index (χ0v) is 20.4. The Labute approximate surface area is 200 Å². The number of aromatic amines is 1. The number of rotatable bonds is 7. The van der Waals surface area contributed by atoms with E-state index in [-0.39, 0.29) is 5.91 Å². The van der Waals surface area contributed by atoms with Crippen molar-refractivity contribution in [3.8, 4) is 0 Å². The highest BCUT2D eigenvalue weighted by atomic mass is 32.2. The fourth-order valence-electron chi connectivity index (χ4n) is 4.32. The second-order valence-corrected chi connectivity index (χ2v) is 11.0. The molecule has 0 radical (unpaired) electrons. The van der Waals surface area contributed by atoms with E-state index in [1.807, 2.05) is 47.8 Å². The number of carbonyl (C=O) groups excluding carboxylic acids is 2. The molecule has 0 spiro atoms. The number of nitrogens with two attached hydrogens (primary N) is 1. The molecule has 1 aliphatic rings. The third-order valence-corrected chi connectivity index (χ3v) is 8.31. The molecule has 174 valence electrons. The molecule has 0 aliphatic carbocycles. The molecule has 9 heteroatoms. The Hall–Kier alpha value is -2.62. The zero-order chi connectivity index (χ0) is 23.5. The standard InChI is InChI=1S/C24H28N4O3S2/c1-3-33(31)28-10-8-16(9-11-28)22-14-26-23-20(22)12-19(13-21(23)24(25)30)32-18-6-4-17(5-7-18)27-15(2)29/h4-7,12-14,16,26H,3,8-11H2,1-2H3,(H2,25,30)(H,27,29). The Morgan fingerprint density at radius 1 is 1.18 bits per heavy atom. The van der Waals surface area contributed by atoms with Crippen LogP contribution in [-0.2, 0) is 15.8 Å². The maximum absolute atomic E-state index is 12.2. The Bertz CT molecular complexity index is 1200. The van der Waals surface area contributed by atoms with Crippen molar-refractivity contribution in [3.05, 3.63) is 53.7 Å². The van der Waals surface area contributed by atoms with Crippen molar-refractivity contribution in [1.29, 1.82) is 0 Å². The number of fused-ring (bicyclic) bond motifs is 1. The van der Waals surface area contributed by atoms with Crippen LogP contribution in [0.2, 0.25) is 0 Å². The fraction of sp³-hybridized carbons (Fsp3) is 0.333. The van der Waals surface area contributed by atoms with Gasteiger partial charge in [0.05, 0.1) is 22.1 Å². The molecule has 0 bridgehead atoms. The van der Waals surface area contributed by atoms with Crippen LogP contribution in [0, 0.1) is 0 Å². The number of primary amides is 1. The molecule has 2 aromatic carbocycles. The quantitative estimate of drug-likeness (QED) is 0.466. The Morgan fingerprint density at radius 2 is 1.88 bits per heavy atom. The summed E-state index contributed by atoms with van der Waals surface area (Å²) in [7, 11) is -0.906. The Morgan fingerprint density at radius 3 is 2.48 bits per heavy atom. The number of benzene rings is 2. The number of nitrogens with one attached hydrogen (secondary N) is 2. The normalized spacial score (nSPS) is 16.1. The van der Waals surface area contributed by atoms with Gasteiger partial charge in [-0.1, -0.05) is 18.7 Å². The summed E-state index contributed by atoms with van der Waals surface area (Å²) in [5, 5.41) is 3.77. The second kappa shape index (κ2) is 10.1. The molecule has 1 aliphatic heterocycles. The third-order valence-electron chi connectivity index (χ3n) is 5.90. The summed E-state index contributed by atoms with van der Waals surface area (Å²) in [6, 6.07) is 11.5. The minimum absolute atomic E-state index is 0.112. The summed E-state index contributed by atoms with van der Waals surface area (Å²) in [4.78, 5) is 28.6. The van der Waals surface area contributed by atoms with Crippen LogP contribution in [0.3, 0.4) is 0 Å². The highest BCUT2D eigenvalue weighted by Crippen LogP contribution is 2.38. The van der Waals surface area contributed by atoms with E-state index in [4.69, 9.17) is 5.73 Å². The van der Waals surface area contributed by atoms with Crippen LogP contribution >= 0.6 is 11.8 Å². The molecule has 2 heterocycles. The highest BCUT2D eigenvalue weighted by Gasteiger charge is 2.26. The smallest absolute Gasteiger partial charge is 0.250 e. The molecule has 1 unspecified atom stereocenters. The molecular formula is C24H28N4O3S2. The van der Waals surface area contributed by atoms with Crippen molar-refractivity contribution in [3.63, 3.8) is 0 Å². The van der Waals surface area contributed by atoms with Crippen LogP contribution in [0.5, 0.6) is 0 Å². The average molecular weight is 485 g/mol. The van der Waals surface area contributed by atoms with Gasteiger partial charge in [0.1, 0.15) is 0 Å². The van der Waals surface area contributed by atoms with Gasteiger partial charge in [-0.15, -0.1) is 0 Å². The lowest BCUT2D eigenvalue weighted by molar-refractivity contribution is -0.114. The second-order valence-electron chi connectivity index (χ2n) is 8.12. The lowest BCUT2D eigenvalue weighted by Gasteiger charge is -2.30. The van der Waals surface area contributed by atoms with Gasteiger partial charge >= 0.3 is 0 Å². The maximum Gasteiger partial charge on any atom is 0.250 e. The molecule has 1 atom stereocenters. The first-order valence-electron chi connectivity index (χ1n) is 11.0. The van der Waals surface area contributed by atoms with Gasteiger partial charge < -0.3 is 16.0 Å². The van der Waals surface area contributed by atoms with Crippen LogP contribution in [0.25, 0.3) is 10.9 Å². The van der Waals surface area contributed by atoms with Gasteiger partial charge in [0.15, 0.2) is 0 Å². The van der Waals surface area contributed by atoms with Crippen LogP contribution in [0.4, 0.5) is 5.69 Å². The van der Waals surface area contributed by atoms with Crippen molar-refractivity contribution in [2.45, 2.75) is 42.4 Å². The zero-order valence-electron chi connectivity index (χ0n) is 18.7. The SMILES string of the molecule is CCS(=O)N1CCC(c2c[nH]c3c(C(N)=O)cc(Sc4ccc(NC(C)=O)cc4)cc23)CC1. The van der Waals surface area contributed by atoms with Crippen LogP contribution < -0.4 is 11.1 Å². The predicted octanol–water partition coefficient (Wildman–Crippen LogP) is 4.24. The monoisotopic (exact) mass is 484 g/mol. The molecule has 33 heavy (non-hydrogen) atoms. The van der Waals surface area contributed by atoms with E-state index in [2.05, 4.69) is 16.4 Å². The summed E-state index contributed by atoms with van der Waals surface area (Å²) in [6.07, 6.45) is 3.84. The van der Waals surface area contributed by atoms with Gasteiger partial charge in [0.2, 0.25) is 5.91 Å². The number of amides is 2. The predicted molar refractivity (Wildman–Crippen MR) is 134 cm³/mol. The lowest BCUT2D eigenvalue weighted by Crippen LogP contribution is -2.35. The van der Waals surface area contributed by atoms with E-state index in [1.54, 1.807) is 11.8 Å². The van der Waals surface area contributed by atoms with Crippen molar-refractivity contribution >= 4 is 51.2 Å². The molecule has 4 rings (SSSR count). The largest absolute Gasteiger partial charge is 0.366 e. The number of hydrogen-bond acceptors (Lipinski definition) is 4. The van der Waals surface area contributed by atoms with Gasteiger partial charge in [-0.3, -0.25) is 9.59 Å². The molecular weight excluding hydrogens is 456 g/mol. The van der Waals surface area contributed by atoms with E-state index in [0.717, 1.165) is 52.3 Å². The Balaban J connectivity index is 1.62. The summed E-state index contributed by atoms with van der Waals surface area (Å²) in [6.45, 7) is 5.02. The summed E-state index contributed by atoms with van der Waals surface area (Å²) in [5.74, 6) is 0.400. The first kappa shape index (κ1) is 23.5. The minimum atomic E-state index is -0.906. The first-order valence-corrected chi connectivity index (χ1v) is 13.1. The van der Waals surface area contributed by atoms with Crippen molar-refractivity contribution < 1.29 is 13.8 Å². The van der Waals surface area contributed by atoms with Gasteiger partial charge in [0.25, 0.3) is 5.91 Å². The molecule has 0 saturated carbocycles. The van der Waals surface area contributed by atoms with E-state index in [1.165, 1.54) is 12.5 Å². The summed E-state index contributed by atoms with van der Waals surface area (Å²) in [5.41, 5.74) is 8.87. The summed E-state index contributed by atoms with van der Waals surface area (Å²) >= 11 is 1.54. The van der Waals surface area contributed by atoms with Gasteiger partial charge in [-0.25, -0.2) is 8.51 Å². The number of anilines is 1. The van der Waals surface area contributed by atoms with E-state index in [9.17, 15) is 13.8 Å². The number of H-pyrrole nitrogens is 1. The van der Waals surface area contributed by atoms with Gasteiger partial charge in [-0.2, -0.15) is 0 Å². The van der Waals surface area contributed by atoms with E-state index >= 15 is 0 Å². The Kier molecular flexibility index (Phi) is 7.21. The first-order chi connectivity index (χ1) is 15.9.